The maximum atomic E-state index is 13.2. The van der Waals surface area contributed by atoms with Crippen LogP contribution in [0.2, 0.25) is 0 Å². The molecule has 0 aliphatic carbocycles. The molecule has 1 aromatic heterocycles. The minimum absolute atomic E-state index is 0.104. The van der Waals surface area contributed by atoms with Crippen LogP contribution in [-0.4, -0.2) is 34.7 Å². The van der Waals surface area contributed by atoms with Crippen LogP contribution in [0.1, 0.15) is 42.2 Å². The van der Waals surface area contributed by atoms with Gasteiger partial charge in [0.1, 0.15) is 5.82 Å². The third-order valence-corrected chi connectivity index (χ3v) is 5.32. The highest BCUT2D eigenvalue weighted by molar-refractivity contribution is 6.05. The molecule has 182 valence electrons. The van der Waals surface area contributed by atoms with Gasteiger partial charge in [-0.15, -0.1) is 0 Å². The number of carbonyl (C=O) groups is 3. The summed E-state index contributed by atoms with van der Waals surface area (Å²) in [4.78, 5) is 37.5. The number of benzene rings is 3. The van der Waals surface area contributed by atoms with E-state index in [-0.39, 0.29) is 23.6 Å². The summed E-state index contributed by atoms with van der Waals surface area (Å²) in [6.45, 7) is 0.638. The SMILES string of the molecule is COC(=O)c1cc(CNC(=O)c2cccc(Cn3cccn3)c2)cc(NC(=O)c2ccc(F)cc2)c1. The number of anilines is 1. The highest BCUT2D eigenvalue weighted by Crippen LogP contribution is 2.18. The molecule has 9 heteroatoms. The van der Waals surface area contributed by atoms with E-state index >= 15 is 0 Å². The lowest BCUT2D eigenvalue weighted by Crippen LogP contribution is -2.23. The van der Waals surface area contributed by atoms with Crippen molar-refractivity contribution < 1.29 is 23.5 Å². The van der Waals surface area contributed by atoms with E-state index in [1.54, 1.807) is 41.2 Å². The van der Waals surface area contributed by atoms with Crippen molar-refractivity contribution in [2.75, 3.05) is 12.4 Å². The first-order valence-corrected chi connectivity index (χ1v) is 11.0. The Balaban J connectivity index is 1.48. The molecular formula is C27H23FN4O4. The van der Waals surface area contributed by atoms with E-state index in [1.165, 1.54) is 37.4 Å². The first kappa shape index (κ1) is 24.3. The first-order chi connectivity index (χ1) is 17.4. The van der Waals surface area contributed by atoms with Crippen LogP contribution in [0.4, 0.5) is 10.1 Å². The Morgan fingerprint density at radius 2 is 1.67 bits per heavy atom. The molecule has 0 bridgehead atoms. The van der Waals surface area contributed by atoms with Crippen molar-refractivity contribution in [3.05, 3.63) is 119 Å². The Labute approximate surface area is 206 Å². The highest BCUT2D eigenvalue weighted by atomic mass is 19.1. The topological polar surface area (TPSA) is 102 Å². The van der Waals surface area contributed by atoms with Crippen LogP contribution in [0, 0.1) is 5.82 Å². The number of hydrogen-bond acceptors (Lipinski definition) is 5. The van der Waals surface area contributed by atoms with Crippen molar-refractivity contribution in [2.45, 2.75) is 13.1 Å². The van der Waals surface area contributed by atoms with Gasteiger partial charge in [0.15, 0.2) is 0 Å². The summed E-state index contributed by atoms with van der Waals surface area (Å²) in [5.41, 5.74) is 2.77. The summed E-state index contributed by atoms with van der Waals surface area (Å²) < 4.78 is 19.7. The number of nitrogens with one attached hydrogen (secondary N) is 2. The Morgan fingerprint density at radius 1 is 0.889 bits per heavy atom. The van der Waals surface area contributed by atoms with Gasteiger partial charge in [-0.05, 0) is 71.8 Å². The van der Waals surface area contributed by atoms with E-state index in [0.717, 1.165) is 5.56 Å². The zero-order valence-corrected chi connectivity index (χ0v) is 19.4. The number of methoxy groups -OCH3 is 1. The van der Waals surface area contributed by atoms with E-state index in [1.807, 2.05) is 18.3 Å². The van der Waals surface area contributed by atoms with E-state index in [0.29, 0.717) is 23.4 Å². The first-order valence-electron chi connectivity index (χ1n) is 11.0. The number of carbonyl (C=O) groups excluding carboxylic acids is 3. The molecule has 0 saturated heterocycles. The summed E-state index contributed by atoms with van der Waals surface area (Å²) in [6, 6.07) is 18.8. The molecule has 1 heterocycles. The van der Waals surface area contributed by atoms with E-state index in [9.17, 15) is 18.8 Å². The number of halogens is 1. The Morgan fingerprint density at radius 3 is 2.39 bits per heavy atom. The Kier molecular flexibility index (Phi) is 7.50. The second-order valence-electron chi connectivity index (χ2n) is 7.96. The second kappa shape index (κ2) is 11.1. The summed E-state index contributed by atoms with van der Waals surface area (Å²) >= 11 is 0. The summed E-state index contributed by atoms with van der Waals surface area (Å²) in [5.74, 6) is -1.81. The van der Waals surface area contributed by atoms with E-state index in [4.69, 9.17) is 4.74 Å². The van der Waals surface area contributed by atoms with Gasteiger partial charge in [-0.3, -0.25) is 14.3 Å². The third-order valence-electron chi connectivity index (χ3n) is 5.32. The number of ether oxygens (including phenoxy) is 1. The van der Waals surface area contributed by atoms with Crippen molar-refractivity contribution in [3.8, 4) is 0 Å². The van der Waals surface area contributed by atoms with Crippen molar-refractivity contribution in [1.82, 2.24) is 15.1 Å². The van der Waals surface area contributed by atoms with Gasteiger partial charge in [-0.1, -0.05) is 12.1 Å². The minimum Gasteiger partial charge on any atom is -0.465 e. The minimum atomic E-state index is -0.591. The van der Waals surface area contributed by atoms with Gasteiger partial charge in [-0.25, -0.2) is 9.18 Å². The predicted octanol–water partition coefficient (Wildman–Crippen LogP) is 4.04. The van der Waals surface area contributed by atoms with Crippen LogP contribution in [0.3, 0.4) is 0 Å². The summed E-state index contributed by atoms with van der Waals surface area (Å²) in [7, 11) is 1.25. The number of amides is 2. The molecule has 36 heavy (non-hydrogen) atoms. The Bertz CT molecular complexity index is 1390. The van der Waals surface area contributed by atoms with Crippen LogP contribution in [0.25, 0.3) is 0 Å². The van der Waals surface area contributed by atoms with Gasteiger partial charge >= 0.3 is 5.97 Å². The fraction of sp³-hybridized carbons (Fsp3) is 0.111. The fourth-order valence-electron chi connectivity index (χ4n) is 3.58. The molecule has 2 amide bonds. The molecule has 8 nitrogen and oxygen atoms in total. The maximum Gasteiger partial charge on any atom is 0.337 e. The lowest BCUT2D eigenvalue weighted by atomic mass is 10.1. The van der Waals surface area contributed by atoms with E-state index in [2.05, 4.69) is 15.7 Å². The smallest absolute Gasteiger partial charge is 0.337 e. The lowest BCUT2D eigenvalue weighted by Gasteiger charge is -2.12. The fourth-order valence-corrected chi connectivity index (χ4v) is 3.58. The van der Waals surface area contributed by atoms with Gasteiger partial charge < -0.3 is 15.4 Å². The maximum absolute atomic E-state index is 13.2. The number of rotatable bonds is 8. The third kappa shape index (κ3) is 6.20. The van der Waals surface area contributed by atoms with Crippen LogP contribution in [-0.2, 0) is 17.8 Å². The molecule has 4 rings (SSSR count). The molecule has 3 aromatic carbocycles. The van der Waals surface area contributed by atoms with E-state index < -0.39 is 17.7 Å². The van der Waals surface area contributed by atoms with Gasteiger partial charge in [0.2, 0.25) is 0 Å². The van der Waals surface area contributed by atoms with Crippen LogP contribution in [0.15, 0.2) is 85.2 Å². The predicted molar refractivity (Wildman–Crippen MR) is 131 cm³/mol. The largest absolute Gasteiger partial charge is 0.465 e. The van der Waals surface area contributed by atoms with Gasteiger partial charge in [-0.2, -0.15) is 5.10 Å². The number of esters is 1. The van der Waals surface area contributed by atoms with Gasteiger partial charge in [0, 0.05) is 35.8 Å². The Hall–Kier alpha value is -4.79. The molecule has 0 aliphatic heterocycles. The van der Waals surface area contributed by atoms with Gasteiger partial charge in [0.05, 0.1) is 19.2 Å². The number of aromatic nitrogens is 2. The molecule has 0 radical (unpaired) electrons. The van der Waals surface area contributed by atoms with Crippen LogP contribution >= 0.6 is 0 Å². The van der Waals surface area contributed by atoms with Crippen molar-refractivity contribution in [2.24, 2.45) is 0 Å². The van der Waals surface area contributed by atoms with Crippen LogP contribution in [0.5, 0.6) is 0 Å². The monoisotopic (exact) mass is 486 g/mol. The molecule has 4 aromatic rings. The lowest BCUT2D eigenvalue weighted by molar-refractivity contribution is 0.0600. The summed E-state index contributed by atoms with van der Waals surface area (Å²) in [5, 5.41) is 9.71. The zero-order valence-electron chi connectivity index (χ0n) is 19.4. The van der Waals surface area contributed by atoms with Gasteiger partial charge in [0.25, 0.3) is 11.8 Å². The molecule has 0 spiro atoms. The van der Waals surface area contributed by atoms with Crippen molar-refractivity contribution in [1.29, 1.82) is 0 Å². The molecule has 0 aliphatic rings. The zero-order chi connectivity index (χ0) is 25.5. The summed E-state index contributed by atoms with van der Waals surface area (Å²) in [6.07, 6.45) is 3.53. The average Bonchev–Trinajstić information content (AvgIpc) is 3.40. The van der Waals surface area contributed by atoms with Crippen LogP contribution < -0.4 is 10.6 Å². The standard InChI is InChI=1S/C27H23FN4O4/c1-36-27(35)22-13-19(14-24(15-22)31-26(34)20-6-8-23(28)9-7-20)16-29-25(33)21-5-2-4-18(12-21)17-32-11-3-10-30-32/h2-15H,16-17H2,1H3,(H,29,33)(H,31,34). The highest BCUT2D eigenvalue weighted by Gasteiger charge is 2.13. The average molecular weight is 487 g/mol. The molecule has 2 N–H and O–H groups in total. The molecule has 0 saturated carbocycles. The molecular weight excluding hydrogens is 463 g/mol. The number of hydrogen-bond donors (Lipinski definition) is 2. The van der Waals surface area contributed by atoms with Crippen molar-refractivity contribution in [3.63, 3.8) is 0 Å². The normalized spacial score (nSPS) is 10.5. The molecule has 0 fully saturated rings. The second-order valence-corrected chi connectivity index (χ2v) is 7.96. The molecule has 0 atom stereocenters. The quantitative estimate of drug-likeness (QED) is 0.366. The number of nitrogens with zero attached hydrogens (tertiary/aromatic N) is 2. The molecule has 0 unspecified atom stereocenters. The van der Waals surface area contributed by atoms with Crippen molar-refractivity contribution >= 4 is 23.5 Å².